The maximum Gasteiger partial charge on any atom is 0.387 e. The molecule has 0 bridgehead atoms. The van der Waals surface area contributed by atoms with Crippen LogP contribution in [-0.2, 0) is 0 Å². The van der Waals surface area contributed by atoms with E-state index in [9.17, 15) is 17.6 Å². The quantitative estimate of drug-likeness (QED) is 0.631. The summed E-state index contributed by atoms with van der Waals surface area (Å²) < 4.78 is 56.6. The molecule has 0 fully saturated rings. The van der Waals surface area contributed by atoms with Gasteiger partial charge in [0.2, 0.25) is 0 Å². The van der Waals surface area contributed by atoms with Crippen molar-refractivity contribution in [2.75, 3.05) is 5.75 Å². The summed E-state index contributed by atoms with van der Waals surface area (Å²) >= 11 is 3.94. The summed E-state index contributed by atoms with van der Waals surface area (Å²) in [5.41, 5.74) is 0.515. The van der Waals surface area contributed by atoms with Gasteiger partial charge in [0.25, 0.3) is 0 Å². The standard InChI is InChI=1S/C11H10F4O2S/c12-10(13)16-8-4-3-7(2-1-5-18)6-9(8)17-11(14)15/h1-4,6,10-11,18H,5H2. The molecule has 0 aliphatic rings. The second kappa shape index (κ2) is 7.15. The highest BCUT2D eigenvalue weighted by atomic mass is 32.1. The van der Waals surface area contributed by atoms with Crippen molar-refractivity contribution < 1.29 is 27.0 Å². The van der Waals surface area contributed by atoms with Crippen molar-refractivity contribution in [3.8, 4) is 11.5 Å². The molecule has 0 saturated carbocycles. The maximum absolute atomic E-state index is 12.1. The summed E-state index contributed by atoms with van der Waals surface area (Å²) in [7, 11) is 0. The van der Waals surface area contributed by atoms with Crippen LogP contribution < -0.4 is 9.47 Å². The first-order valence-corrected chi connectivity index (χ1v) is 5.47. The molecule has 0 aliphatic carbocycles. The average molecular weight is 282 g/mol. The van der Waals surface area contributed by atoms with Gasteiger partial charge >= 0.3 is 13.2 Å². The minimum absolute atomic E-state index is 0.437. The predicted octanol–water partition coefficient (Wildman–Crippen LogP) is 3.83. The molecule has 0 radical (unpaired) electrons. The zero-order valence-corrected chi connectivity index (χ0v) is 9.92. The Kier molecular flexibility index (Phi) is 5.84. The van der Waals surface area contributed by atoms with E-state index in [1.807, 2.05) is 0 Å². The van der Waals surface area contributed by atoms with Crippen molar-refractivity contribution in [1.82, 2.24) is 0 Å². The molecule has 0 N–H and O–H groups in total. The van der Waals surface area contributed by atoms with Gasteiger partial charge in [0.05, 0.1) is 0 Å². The van der Waals surface area contributed by atoms with Crippen LogP contribution in [0, 0.1) is 0 Å². The lowest BCUT2D eigenvalue weighted by Crippen LogP contribution is -2.07. The Hall–Kier alpha value is -1.37. The molecule has 2 nitrogen and oxygen atoms in total. The molecule has 100 valence electrons. The molecule has 1 aromatic rings. The summed E-state index contributed by atoms with van der Waals surface area (Å²) in [5, 5.41) is 0. The number of hydrogen-bond acceptors (Lipinski definition) is 3. The maximum atomic E-state index is 12.1. The molecule has 1 aromatic carbocycles. The molecule has 1 rings (SSSR count). The molecule has 0 heterocycles. The van der Waals surface area contributed by atoms with E-state index >= 15 is 0 Å². The Balaban J connectivity index is 2.99. The van der Waals surface area contributed by atoms with Crippen LogP contribution in [0.4, 0.5) is 17.6 Å². The molecule has 7 heteroatoms. The Morgan fingerprint density at radius 1 is 1.06 bits per heavy atom. The molecule has 0 amide bonds. The average Bonchev–Trinajstić information content (AvgIpc) is 2.28. The molecule has 0 aliphatic heterocycles. The lowest BCUT2D eigenvalue weighted by molar-refractivity contribution is -0.0692. The number of rotatable bonds is 6. The summed E-state index contributed by atoms with van der Waals surface area (Å²) in [6, 6.07) is 3.77. The Morgan fingerprint density at radius 3 is 2.22 bits per heavy atom. The Labute approximate surface area is 107 Å². The van der Waals surface area contributed by atoms with Gasteiger partial charge < -0.3 is 9.47 Å². The third kappa shape index (κ3) is 4.87. The van der Waals surface area contributed by atoms with Crippen molar-refractivity contribution in [3.05, 3.63) is 29.8 Å². The second-order valence-electron chi connectivity index (χ2n) is 3.05. The summed E-state index contributed by atoms with van der Waals surface area (Å²) in [6.45, 7) is -6.22. The molecule has 18 heavy (non-hydrogen) atoms. The lowest BCUT2D eigenvalue weighted by atomic mass is 10.2. The van der Waals surface area contributed by atoms with E-state index in [1.54, 1.807) is 12.2 Å². The number of halogens is 4. The van der Waals surface area contributed by atoms with E-state index < -0.39 is 24.7 Å². The van der Waals surface area contributed by atoms with Gasteiger partial charge in [0.15, 0.2) is 11.5 Å². The van der Waals surface area contributed by atoms with Gasteiger partial charge in [-0.25, -0.2) is 0 Å². The highest BCUT2D eigenvalue weighted by Gasteiger charge is 2.14. The van der Waals surface area contributed by atoms with Crippen LogP contribution in [0.15, 0.2) is 24.3 Å². The van der Waals surface area contributed by atoms with E-state index in [2.05, 4.69) is 22.1 Å². The van der Waals surface area contributed by atoms with E-state index in [1.165, 1.54) is 12.1 Å². The van der Waals surface area contributed by atoms with E-state index in [0.717, 1.165) is 6.07 Å². The van der Waals surface area contributed by atoms with E-state index in [0.29, 0.717) is 11.3 Å². The molecular formula is C11H10F4O2S. The highest BCUT2D eigenvalue weighted by Crippen LogP contribution is 2.31. The predicted molar refractivity (Wildman–Crippen MR) is 62.6 cm³/mol. The molecule has 0 aromatic heterocycles. The summed E-state index contributed by atoms with van der Waals surface area (Å²) in [4.78, 5) is 0. The SMILES string of the molecule is FC(F)Oc1ccc(C=CCS)cc1OC(F)F. The molecule has 0 saturated heterocycles. The van der Waals surface area contributed by atoms with Crippen LogP contribution in [-0.4, -0.2) is 19.0 Å². The number of alkyl halides is 4. The monoisotopic (exact) mass is 282 g/mol. The van der Waals surface area contributed by atoms with Crippen molar-refractivity contribution in [1.29, 1.82) is 0 Å². The second-order valence-corrected chi connectivity index (χ2v) is 3.41. The van der Waals surface area contributed by atoms with Crippen LogP contribution in [0.3, 0.4) is 0 Å². The fraction of sp³-hybridized carbons (Fsp3) is 0.273. The van der Waals surface area contributed by atoms with Crippen LogP contribution in [0.25, 0.3) is 6.08 Å². The molecular weight excluding hydrogens is 272 g/mol. The Morgan fingerprint density at radius 2 is 1.67 bits per heavy atom. The van der Waals surface area contributed by atoms with Gasteiger partial charge in [-0.1, -0.05) is 18.2 Å². The van der Waals surface area contributed by atoms with Crippen LogP contribution in [0.1, 0.15) is 5.56 Å². The van der Waals surface area contributed by atoms with Gasteiger partial charge in [-0.15, -0.1) is 0 Å². The number of benzene rings is 1. The minimum Gasteiger partial charge on any atom is -0.431 e. The third-order valence-electron chi connectivity index (χ3n) is 1.82. The first-order chi connectivity index (χ1) is 8.52. The van der Waals surface area contributed by atoms with Crippen molar-refractivity contribution >= 4 is 18.7 Å². The normalized spacial score (nSPS) is 11.5. The van der Waals surface area contributed by atoms with Crippen molar-refractivity contribution in [2.24, 2.45) is 0 Å². The molecule has 0 spiro atoms. The van der Waals surface area contributed by atoms with Crippen LogP contribution in [0.2, 0.25) is 0 Å². The van der Waals surface area contributed by atoms with E-state index in [-0.39, 0.29) is 0 Å². The van der Waals surface area contributed by atoms with Crippen molar-refractivity contribution in [3.63, 3.8) is 0 Å². The fourth-order valence-electron chi connectivity index (χ4n) is 1.20. The van der Waals surface area contributed by atoms with Gasteiger partial charge in [0, 0.05) is 5.75 Å². The molecule has 0 atom stereocenters. The first kappa shape index (κ1) is 14.7. The van der Waals surface area contributed by atoms with Crippen LogP contribution >= 0.6 is 12.6 Å². The van der Waals surface area contributed by atoms with E-state index in [4.69, 9.17) is 0 Å². The number of ether oxygens (including phenoxy) is 2. The van der Waals surface area contributed by atoms with Crippen LogP contribution in [0.5, 0.6) is 11.5 Å². The zero-order valence-electron chi connectivity index (χ0n) is 9.02. The molecule has 0 unspecified atom stereocenters. The van der Waals surface area contributed by atoms with Gasteiger partial charge in [0.1, 0.15) is 0 Å². The van der Waals surface area contributed by atoms with Crippen molar-refractivity contribution in [2.45, 2.75) is 13.2 Å². The third-order valence-corrected chi connectivity index (χ3v) is 2.03. The minimum atomic E-state index is -3.12. The van der Waals surface area contributed by atoms with Gasteiger partial charge in [-0.3, -0.25) is 0 Å². The topological polar surface area (TPSA) is 18.5 Å². The fourth-order valence-corrected chi connectivity index (χ4v) is 1.30. The van der Waals surface area contributed by atoms with Gasteiger partial charge in [-0.05, 0) is 17.7 Å². The highest BCUT2D eigenvalue weighted by molar-refractivity contribution is 7.80. The first-order valence-electron chi connectivity index (χ1n) is 4.84. The smallest absolute Gasteiger partial charge is 0.387 e. The number of hydrogen-bond donors (Lipinski definition) is 1. The van der Waals surface area contributed by atoms with Gasteiger partial charge in [-0.2, -0.15) is 30.2 Å². The zero-order chi connectivity index (χ0) is 13.5. The summed E-state index contributed by atoms with van der Waals surface area (Å²) in [5.74, 6) is -0.416. The summed E-state index contributed by atoms with van der Waals surface area (Å²) in [6.07, 6.45) is 3.26. The Bertz CT molecular complexity index is 410. The number of thiol groups is 1. The largest absolute Gasteiger partial charge is 0.431 e. The lowest BCUT2D eigenvalue weighted by Gasteiger charge is -2.12.